The van der Waals surface area contributed by atoms with Crippen LogP contribution in [0.15, 0.2) is 48.8 Å². The molecule has 2 N–H and O–H groups in total. The number of anilines is 1. The number of carbonyl (C=O) groups excluding carboxylic acids is 1. The van der Waals surface area contributed by atoms with E-state index in [1.54, 1.807) is 12.4 Å². The Labute approximate surface area is 125 Å². The van der Waals surface area contributed by atoms with Gasteiger partial charge in [0.15, 0.2) is 0 Å². The molecular formula is C17H21N3O. The van der Waals surface area contributed by atoms with Crippen LogP contribution in [0.1, 0.15) is 42.2 Å². The summed E-state index contributed by atoms with van der Waals surface area (Å²) >= 11 is 0. The molecule has 1 unspecified atom stereocenters. The van der Waals surface area contributed by atoms with Crippen LogP contribution in [0.3, 0.4) is 0 Å². The molecule has 1 heterocycles. The Morgan fingerprint density at radius 3 is 2.62 bits per heavy atom. The summed E-state index contributed by atoms with van der Waals surface area (Å²) in [5.74, 6) is -0.0756. The maximum atomic E-state index is 12.2. The zero-order valence-corrected chi connectivity index (χ0v) is 12.5. The van der Waals surface area contributed by atoms with Crippen LogP contribution < -0.4 is 10.6 Å². The number of amides is 1. The van der Waals surface area contributed by atoms with Crippen LogP contribution in [-0.2, 0) is 0 Å². The quantitative estimate of drug-likeness (QED) is 0.854. The second kappa shape index (κ2) is 7.43. The molecule has 0 bridgehead atoms. The number of aromatic nitrogens is 1. The van der Waals surface area contributed by atoms with Gasteiger partial charge in [-0.05, 0) is 49.2 Å². The van der Waals surface area contributed by atoms with E-state index in [2.05, 4.69) is 22.5 Å². The highest BCUT2D eigenvalue weighted by molar-refractivity contribution is 5.94. The van der Waals surface area contributed by atoms with Gasteiger partial charge >= 0.3 is 0 Å². The van der Waals surface area contributed by atoms with Crippen LogP contribution in [-0.4, -0.2) is 17.4 Å². The Kier molecular flexibility index (Phi) is 5.32. The molecule has 0 aliphatic carbocycles. The monoisotopic (exact) mass is 283 g/mol. The van der Waals surface area contributed by atoms with E-state index in [9.17, 15) is 4.79 Å². The molecule has 2 aromatic rings. The molecule has 21 heavy (non-hydrogen) atoms. The lowest BCUT2D eigenvalue weighted by Crippen LogP contribution is -2.26. The van der Waals surface area contributed by atoms with E-state index >= 15 is 0 Å². The van der Waals surface area contributed by atoms with Crippen molar-refractivity contribution >= 4 is 11.6 Å². The Hall–Kier alpha value is -2.36. The Morgan fingerprint density at radius 1 is 1.24 bits per heavy atom. The molecule has 0 fully saturated rings. The molecule has 0 radical (unpaired) electrons. The highest BCUT2D eigenvalue weighted by Gasteiger charge is 2.11. The van der Waals surface area contributed by atoms with Crippen molar-refractivity contribution < 1.29 is 4.79 Å². The number of carbonyl (C=O) groups is 1. The molecule has 1 aromatic heterocycles. The maximum absolute atomic E-state index is 12.2. The van der Waals surface area contributed by atoms with E-state index in [1.165, 1.54) is 0 Å². The summed E-state index contributed by atoms with van der Waals surface area (Å²) in [5.41, 5.74) is 2.69. The van der Waals surface area contributed by atoms with Gasteiger partial charge in [-0.15, -0.1) is 0 Å². The Balaban J connectivity index is 1.97. The summed E-state index contributed by atoms with van der Waals surface area (Å²) in [5, 5.41) is 6.26. The molecule has 1 amide bonds. The Bertz CT molecular complexity index is 566. The molecule has 2 rings (SSSR count). The van der Waals surface area contributed by atoms with Crippen molar-refractivity contribution in [2.45, 2.75) is 26.3 Å². The first-order valence-corrected chi connectivity index (χ1v) is 7.25. The predicted molar refractivity (Wildman–Crippen MR) is 85.3 cm³/mol. The predicted octanol–water partition coefficient (Wildman–Crippen LogP) is 3.39. The summed E-state index contributed by atoms with van der Waals surface area (Å²) in [7, 11) is 0. The zero-order valence-electron chi connectivity index (χ0n) is 12.5. The second-order valence-corrected chi connectivity index (χ2v) is 4.99. The largest absolute Gasteiger partial charge is 0.385 e. The van der Waals surface area contributed by atoms with Crippen molar-refractivity contribution in [2.75, 3.05) is 11.9 Å². The van der Waals surface area contributed by atoms with Crippen molar-refractivity contribution in [3.63, 3.8) is 0 Å². The standard InChI is InChI=1S/C17H21N3O/c1-3-10-19-16-8-6-14(7-9-16)17(21)20-13(2)15-5-4-11-18-12-15/h4-9,11-13,19H,3,10H2,1-2H3,(H,20,21). The number of pyridine rings is 1. The minimum absolute atomic E-state index is 0.0657. The third kappa shape index (κ3) is 4.31. The van der Waals surface area contributed by atoms with Gasteiger partial charge < -0.3 is 10.6 Å². The molecule has 4 heteroatoms. The summed E-state index contributed by atoms with van der Waals surface area (Å²) in [6.45, 7) is 5.00. The van der Waals surface area contributed by atoms with Gasteiger partial charge in [-0.1, -0.05) is 13.0 Å². The average Bonchev–Trinajstić information content (AvgIpc) is 2.54. The smallest absolute Gasteiger partial charge is 0.251 e. The SMILES string of the molecule is CCCNc1ccc(C(=O)NC(C)c2cccnc2)cc1. The molecule has 1 aromatic carbocycles. The van der Waals surface area contributed by atoms with Gasteiger partial charge in [-0.3, -0.25) is 9.78 Å². The van der Waals surface area contributed by atoms with Gasteiger partial charge in [0.1, 0.15) is 0 Å². The van der Waals surface area contributed by atoms with E-state index in [0.717, 1.165) is 24.2 Å². The fourth-order valence-corrected chi connectivity index (χ4v) is 2.00. The van der Waals surface area contributed by atoms with Gasteiger partial charge in [0.25, 0.3) is 5.91 Å². The van der Waals surface area contributed by atoms with Crippen LogP contribution in [0.2, 0.25) is 0 Å². The van der Waals surface area contributed by atoms with Crippen molar-refractivity contribution in [2.24, 2.45) is 0 Å². The van der Waals surface area contributed by atoms with Crippen molar-refractivity contribution in [1.29, 1.82) is 0 Å². The number of hydrogen-bond donors (Lipinski definition) is 2. The summed E-state index contributed by atoms with van der Waals surface area (Å²) in [6.07, 6.45) is 4.56. The van der Waals surface area contributed by atoms with Crippen molar-refractivity contribution in [1.82, 2.24) is 10.3 Å². The van der Waals surface area contributed by atoms with Crippen LogP contribution in [0.5, 0.6) is 0 Å². The molecule has 0 aliphatic heterocycles. The average molecular weight is 283 g/mol. The number of nitrogens with zero attached hydrogens (tertiary/aromatic N) is 1. The lowest BCUT2D eigenvalue weighted by Gasteiger charge is -2.14. The van der Waals surface area contributed by atoms with E-state index in [1.807, 2.05) is 43.3 Å². The summed E-state index contributed by atoms with van der Waals surface area (Å²) in [6, 6.07) is 11.3. The number of benzene rings is 1. The first-order chi connectivity index (χ1) is 10.2. The van der Waals surface area contributed by atoms with Crippen molar-refractivity contribution in [3.05, 3.63) is 59.9 Å². The minimum Gasteiger partial charge on any atom is -0.385 e. The van der Waals surface area contributed by atoms with E-state index < -0.39 is 0 Å². The fourth-order valence-electron chi connectivity index (χ4n) is 2.00. The molecule has 110 valence electrons. The summed E-state index contributed by atoms with van der Waals surface area (Å²) < 4.78 is 0. The molecular weight excluding hydrogens is 262 g/mol. The van der Waals surface area contributed by atoms with Gasteiger partial charge in [0, 0.05) is 30.2 Å². The molecule has 0 saturated carbocycles. The van der Waals surface area contributed by atoms with Gasteiger partial charge in [0.2, 0.25) is 0 Å². The second-order valence-electron chi connectivity index (χ2n) is 4.99. The molecule has 0 aliphatic rings. The Morgan fingerprint density at radius 2 is 2.00 bits per heavy atom. The van der Waals surface area contributed by atoms with Crippen LogP contribution >= 0.6 is 0 Å². The van der Waals surface area contributed by atoms with E-state index in [0.29, 0.717) is 5.56 Å². The first kappa shape index (κ1) is 15.0. The van der Waals surface area contributed by atoms with Gasteiger partial charge in [-0.2, -0.15) is 0 Å². The van der Waals surface area contributed by atoms with Gasteiger partial charge in [-0.25, -0.2) is 0 Å². The molecule has 1 atom stereocenters. The van der Waals surface area contributed by atoms with Gasteiger partial charge in [0.05, 0.1) is 6.04 Å². The summed E-state index contributed by atoms with van der Waals surface area (Å²) in [4.78, 5) is 16.3. The number of hydrogen-bond acceptors (Lipinski definition) is 3. The number of rotatable bonds is 6. The minimum atomic E-state index is -0.0756. The normalized spacial score (nSPS) is 11.7. The highest BCUT2D eigenvalue weighted by atomic mass is 16.1. The van der Waals surface area contributed by atoms with Crippen LogP contribution in [0, 0.1) is 0 Å². The van der Waals surface area contributed by atoms with E-state index in [-0.39, 0.29) is 11.9 Å². The topological polar surface area (TPSA) is 54.0 Å². The third-order valence-electron chi connectivity index (χ3n) is 3.26. The van der Waals surface area contributed by atoms with Crippen LogP contribution in [0.25, 0.3) is 0 Å². The van der Waals surface area contributed by atoms with Crippen molar-refractivity contribution in [3.8, 4) is 0 Å². The first-order valence-electron chi connectivity index (χ1n) is 7.25. The number of nitrogens with one attached hydrogen (secondary N) is 2. The molecule has 4 nitrogen and oxygen atoms in total. The lowest BCUT2D eigenvalue weighted by atomic mass is 10.1. The molecule has 0 saturated heterocycles. The maximum Gasteiger partial charge on any atom is 0.251 e. The fraction of sp³-hybridized carbons (Fsp3) is 0.294. The van der Waals surface area contributed by atoms with Crippen LogP contribution in [0.4, 0.5) is 5.69 Å². The zero-order chi connectivity index (χ0) is 15.1. The van der Waals surface area contributed by atoms with E-state index in [4.69, 9.17) is 0 Å². The lowest BCUT2D eigenvalue weighted by molar-refractivity contribution is 0.0940. The third-order valence-corrected chi connectivity index (χ3v) is 3.26. The molecule has 0 spiro atoms. The highest BCUT2D eigenvalue weighted by Crippen LogP contribution is 2.13.